The summed E-state index contributed by atoms with van der Waals surface area (Å²) in [5.74, 6) is 1.01. The van der Waals surface area contributed by atoms with Crippen molar-refractivity contribution < 1.29 is 9.84 Å². The predicted octanol–water partition coefficient (Wildman–Crippen LogP) is 2.58. The highest BCUT2D eigenvalue weighted by Gasteiger charge is 2.11. The van der Waals surface area contributed by atoms with Gasteiger partial charge in [-0.15, -0.1) is 0 Å². The van der Waals surface area contributed by atoms with E-state index in [4.69, 9.17) is 4.74 Å². The Labute approximate surface area is 94.3 Å². The van der Waals surface area contributed by atoms with Crippen LogP contribution in [0.2, 0.25) is 0 Å². The minimum absolute atomic E-state index is 0.179. The maximum absolute atomic E-state index is 9.32. The van der Waals surface area contributed by atoms with Crippen molar-refractivity contribution in [1.29, 1.82) is 0 Å². The van der Waals surface area contributed by atoms with Crippen LogP contribution in [-0.2, 0) is 11.3 Å². The zero-order valence-electron chi connectivity index (χ0n) is 9.74. The number of aromatic nitrogens is 2. The molecule has 0 unspecified atom stereocenters. The van der Waals surface area contributed by atoms with Crippen molar-refractivity contribution in [3.8, 4) is 5.75 Å². The molecule has 16 heavy (non-hydrogen) atoms. The van der Waals surface area contributed by atoms with E-state index in [2.05, 4.69) is 9.97 Å². The number of nitrogens with one attached hydrogen (secondary N) is 1. The molecule has 2 aromatic rings. The summed E-state index contributed by atoms with van der Waals surface area (Å²) in [5, 5.41) is 9.32. The van der Waals surface area contributed by atoms with Crippen molar-refractivity contribution in [2.75, 3.05) is 0 Å². The van der Waals surface area contributed by atoms with Crippen LogP contribution in [0.25, 0.3) is 11.0 Å². The van der Waals surface area contributed by atoms with Crippen molar-refractivity contribution in [3.05, 3.63) is 24.0 Å². The number of H-pyrrole nitrogens is 1. The smallest absolute Gasteiger partial charge is 0.133 e. The Morgan fingerprint density at radius 3 is 2.81 bits per heavy atom. The SMILES string of the molecule is CC(C)(C)OCc1nc2ccc(O)cc2[nH]1. The topological polar surface area (TPSA) is 58.1 Å². The van der Waals surface area contributed by atoms with Gasteiger partial charge in [-0.1, -0.05) is 0 Å². The molecule has 2 N–H and O–H groups in total. The molecule has 0 atom stereocenters. The van der Waals surface area contributed by atoms with Crippen molar-refractivity contribution in [3.63, 3.8) is 0 Å². The van der Waals surface area contributed by atoms with Gasteiger partial charge in [0, 0.05) is 6.07 Å². The first-order valence-electron chi connectivity index (χ1n) is 5.26. The summed E-state index contributed by atoms with van der Waals surface area (Å²) in [4.78, 5) is 7.48. The van der Waals surface area contributed by atoms with Gasteiger partial charge in [-0.25, -0.2) is 4.98 Å². The zero-order chi connectivity index (χ0) is 11.8. The molecule has 1 aromatic carbocycles. The van der Waals surface area contributed by atoms with E-state index in [1.807, 2.05) is 20.8 Å². The summed E-state index contributed by atoms with van der Waals surface area (Å²) in [6, 6.07) is 5.06. The summed E-state index contributed by atoms with van der Waals surface area (Å²) in [6.07, 6.45) is 0. The molecular formula is C12H16N2O2. The molecule has 2 rings (SSSR count). The van der Waals surface area contributed by atoms with E-state index in [9.17, 15) is 5.11 Å². The quantitative estimate of drug-likeness (QED) is 0.817. The number of nitrogens with zero attached hydrogens (tertiary/aromatic N) is 1. The second-order valence-electron chi connectivity index (χ2n) is 4.79. The van der Waals surface area contributed by atoms with Crippen LogP contribution in [0.1, 0.15) is 26.6 Å². The summed E-state index contributed by atoms with van der Waals surface area (Å²) in [6.45, 7) is 6.45. The van der Waals surface area contributed by atoms with Crippen molar-refractivity contribution in [2.45, 2.75) is 33.0 Å². The van der Waals surface area contributed by atoms with Gasteiger partial charge >= 0.3 is 0 Å². The lowest BCUT2D eigenvalue weighted by Crippen LogP contribution is -2.19. The molecule has 1 heterocycles. The molecule has 0 fully saturated rings. The number of phenolic OH excluding ortho intramolecular Hbond substituents is 1. The average Bonchev–Trinajstić information content (AvgIpc) is 2.55. The Balaban J connectivity index is 2.20. The molecule has 0 radical (unpaired) electrons. The fourth-order valence-corrected chi connectivity index (χ4v) is 1.40. The van der Waals surface area contributed by atoms with Gasteiger partial charge in [-0.05, 0) is 32.9 Å². The van der Waals surface area contributed by atoms with Crippen LogP contribution in [0.15, 0.2) is 18.2 Å². The average molecular weight is 220 g/mol. The molecule has 0 saturated heterocycles. The Morgan fingerprint density at radius 1 is 1.38 bits per heavy atom. The van der Waals surface area contributed by atoms with Crippen LogP contribution in [0.3, 0.4) is 0 Å². The van der Waals surface area contributed by atoms with Crippen molar-refractivity contribution in [2.24, 2.45) is 0 Å². The maximum Gasteiger partial charge on any atom is 0.133 e. The first-order chi connectivity index (χ1) is 7.44. The number of aromatic amines is 1. The van der Waals surface area contributed by atoms with Crippen LogP contribution in [-0.4, -0.2) is 20.7 Å². The molecule has 0 aliphatic rings. The number of phenols is 1. The Morgan fingerprint density at radius 2 is 2.12 bits per heavy atom. The van der Waals surface area contributed by atoms with E-state index in [0.29, 0.717) is 6.61 Å². The number of imidazole rings is 1. The monoisotopic (exact) mass is 220 g/mol. The number of rotatable bonds is 2. The molecule has 4 nitrogen and oxygen atoms in total. The standard InChI is InChI=1S/C12H16N2O2/c1-12(2,3)16-7-11-13-9-5-4-8(15)6-10(9)14-11/h4-6,15H,7H2,1-3H3,(H,13,14). The molecule has 0 aliphatic carbocycles. The molecule has 0 amide bonds. The summed E-state index contributed by atoms with van der Waals surface area (Å²) < 4.78 is 5.62. The third kappa shape index (κ3) is 2.52. The number of aromatic hydroxyl groups is 1. The van der Waals surface area contributed by atoms with E-state index in [-0.39, 0.29) is 11.4 Å². The first-order valence-corrected chi connectivity index (χ1v) is 5.26. The zero-order valence-corrected chi connectivity index (χ0v) is 9.74. The number of benzene rings is 1. The molecular weight excluding hydrogens is 204 g/mol. The summed E-state index contributed by atoms with van der Waals surface area (Å²) in [7, 11) is 0. The molecule has 0 spiro atoms. The lowest BCUT2D eigenvalue weighted by Gasteiger charge is -2.18. The highest BCUT2D eigenvalue weighted by atomic mass is 16.5. The van der Waals surface area contributed by atoms with E-state index in [1.54, 1.807) is 18.2 Å². The highest BCUT2D eigenvalue weighted by molar-refractivity contribution is 5.76. The number of fused-ring (bicyclic) bond motifs is 1. The normalized spacial score (nSPS) is 12.2. The third-order valence-electron chi connectivity index (χ3n) is 2.16. The van der Waals surface area contributed by atoms with Crippen molar-refractivity contribution >= 4 is 11.0 Å². The molecule has 4 heteroatoms. The predicted molar refractivity (Wildman–Crippen MR) is 62.3 cm³/mol. The fraction of sp³-hybridized carbons (Fsp3) is 0.417. The van der Waals surface area contributed by atoms with E-state index >= 15 is 0 Å². The van der Waals surface area contributed by atoms with Gasteiger partial charge < -0.3 is 14.8 Å². The molecule has 86 valence electrons. The number of hydrogen-bond acceptors (Lipinski definition) is 3. The third-order valence-corrected chi connectivity index (χ3v) is 2.16. The van der Waals surface area contributed by atoms with Crippen molar-refractivity contribution in [1.82, 2.24) is 9.97 Å². The van der Waals surface area contributed by atoms with Gasteiger partial charge in [-0.2, -0.15) is 0 Å². The number of ether oxygens (including phenoxy) is 1. The van der Waals surface area contributed by atoms with E-state index in [1.165, 1.54) is 0 Å². The van der Waals surface area contributed by atoms with E-state index in [0.717, 1.165) is 16.9 Å². The van der Waals surface area contributed by atoms with Gasteiger partial charge in [0.15, 0.2) is 0 Å². The Kier molecular flexibility index (Phi) is 2.59. The molecule has 0 saturated carbocycles. The second kappa shape index (κ2) is 3.79. The molecule has 0 bridgehead atoms. The lowest BCUT2D eigenvalue weighted by atomic mass is 10.2. The Bertz CT molecular complexity index is 497. The molecule has 1 aromatic heterocycles. The maximum atomic E-state index is 9.32. The van der Waals surface area contributed by atoms with Gasteiger partial charge in [-0.3, -0.25) is 0 Å². The highest BCUT2D eigenvalue weighted by Crippen LogP contribution is 2.18. The van der Waals surface area contributed by atoms with Crippen LogP contribution in [0, 0.1) is 0 Å². The largest absolute Gasteiger partial charge is 0.508 e. The van der Waals surface area contributed by atoms with Gasteiger partial charge in [0.2, 0.25) is 0 Å². The minimum atomic E-state index is -0.179. The van der Waals surface area contributed by atoms with Crippen LogP contribution in [0.5, 0.6) is 5.75 Å². The van der Waals surface area contributed by atoms with Gasteiger partial charge in [0.05, 0.1) is 16.6 Å². The van der Waals surface area contributed by atoms with Gasteiger partial charge in [0.1, 0.15) is 18.2 Å². The van der Waals surface area contributed by atoms with E-state index < -0.39 is 0 Å². The summed E-state index contributed by atoms with van der Waals surface area (Å²) in [5.41, 5.74) is 1.49. The Hall–Kier alpha value is -1.55. The first kappa shape index (κ1) is 11.0. The fourth-order valence-electron chi connectivity index (χ4n) is 1.40. The minimum Gasteiger partial charge on any atom is -0.508 e. The van der Waals surface area contributed by atoms with Crippen LogP contribution < -0.4 is 0 Å². The molecule has 0 aliphatic heterocycles. The van der Waals surface area contributed by atoms with Crippen LogP contribution >= 0.6 is 0 Å². The second-order valence-corrected chi connectivity index (χ2v) is 4.79. The van der Waals surface area contributed by atoms with Gasteiger partial charge in [0.25, 0.3) is 0 Å². The summed E-state index contributed by atoms with van der Waals surface area (Å²) >= 11 is 0. The number of hydrogen-bond donors (Lipinski definition) is 2. The lowest BCUT2D eigenvalue weighted by molar-refractivity contribution is -0.0177. The van der Waals surface area contributed by atoms with Crippen LogP contribution in [0.4, 0.5) is 0 Å².